The molecule has 3 amide bonds. The molecule has 0 bridgehead atoms. The molecule has 0 aromatic heterocycles. The van der Waals surface area contributed by atoms with E-state index in [2.05, 4.69) is 5.32 Å². The maximum Gasteiger partial charge on any atom is 0.471 e. The summed E-state index contributed by atoms with van der Waals surface area (Å²) >= 11 is 18.0. The van der Waals surface area contributed by atoms with Crippen LogP contribution in [0.5, 0.6) is 0 Å². The smallest absolute Gasteiger partial charge is 0.442 e. The number of cyclic esters (lactones) is 1. The number of benzene rings is 1. The lowest BCUT2D eigenvalue weighted by atomic mass is 10.1. The number of piperazine rings is 1. The molecule has 16 heteroatoms. The molecule has 1 aromatic rings. The molecule has 2 aliphatic rings. The molecular weight excluding hydrogens is 569 g/mol. The Morgan fingerprint density at radius 3 is 2.27 bits per heavy atom. The van der Waals surface area contributed by atoms with Crippen LogP contribution >= 0.6 is 34.8 Å². The fraction of sp³-hybridized carbons (Fsp3) is 0.571. The van der Waals surface area contributed by atoms with Crippen molar-refractivity contribution in [1.29, 1.82) is 0 Å². The number of ether oxygens (including phenoxy) is 1. The molecule has 2 aliphatic heterocycles. The quantitative estimate of drug-likeness (QED) is 0.299. The molecule has 2 fully saturated rings. The second kappa shape index (κ2) is 10.9. The summed E-state index contributed by atoms with van der Waals surface area (Å²) < 4.78 is 55.8. The fourth-order valence-electron chi connectivity index (χ4n) is 4.12. The van der Waals surface area contributed by atoms with Gasteiger partial charge >= 0.3 is 18.2 Å². The van der Waals surface area contributed by atoms with Crippen LogP contribution in [0.2, 0.25) is 0 Å². The number of nitrogens with one attached hydrogen (secondary N) is 2. The molecule has 206 valence electrons. The molecule has 0 aliphatic carbocycles. The van der Waals surface area contributed by atoms with Crippen LogP contribution in [0.3, 0.4) is 0 Å². The van der Waals surface area contributed by atoms with Gasteiger partial charge in [-0.25, -0.2) is 14.1 Å². The van der Waals surface area contributed by atoms with E-state index < -0.39 is 52.5 Å². The minimum Gasteiger partial charge on any atom is -0.442 e. The molecule has 3 atom stereocenters. The number of rotatable bonds is 6. The third-order valence-corrected chi connectivity index (χ3v) is 6.42. The molecule has 0 saturated carbocycles. The van der Waals surface area contributed by atoms with Crippen molar-refractivity contribution in [2.75, 3.05) is 42.5 Å². The van der Waals surface area contributed by atoms with Gasteiger partial charge in [-0.15, -0.1) is 0 Å². The zero-order valence-corrected chi connectivity index (χ0v) is 21.9. The van der Waals surface area contributed by atoms with E-state index in [1.807, 2.05) is 0 Å². The summed E-state index contributed by atoms with van der Waals surface area (Å²) in [4.78, 5) is 39.0. The third-order valence-electron chi connectivity index (χ3n) is 5.80. The van der Waals surface area contributed by atoms with E-state index in [1.54, 1.807) is 34.5 Å². The van der Waals surface area contributed by atoms with Gasteiger partial charge in [0.2, 0.25) is 9.70 Å². The van der Waals surface area contributed by atoms with Gasteiger partial charge in [0.15, 0.2) is 5.79 Å². The Morgan fingerprint density at radius 2 is 1.76 bits per heavy atom. The summed E-state index contributed by atoms with van der Waals surface area (Å²) in [6.07, 6.45) is -7.98. The first-order valence-electron chi connectivity index (χ1n) is 11.0. The average Bonchev–Trinajstić information content (AvgIpc) is 3.14. The van der Waals surface area contributed by atoms with Crippen molar-refractivity contribution in [2.24, 2.45) is 0 Å². The van der Waals surface area contributed by atoms with Crippen LogP contribution in [0, 0.1) is 0 Å². The lowest BCUT2D eigenvalue weighted by Crippen LogP contribution is -2.68. The number of halogens is 7. The minimum atomic E-state index is -5.04. The van der Waals surface area contributed by atoms with Crippen molar-refractivity contribution in [3.63, 3.8) is 0 Å². The Labute approximate surface area is 224 Å². The maximum atomic E-state index is 15.7. The molecule has 1 aromatic carbocycles. The molecule has 37 heavy (non-hydrogen) atoms. The van der Waals surface area contributed by atoms with E-state index >= 15 is 4.39 Å². The molecule has 2 heterocycles. The van der Waals surface area contributed by atoms with Gasteiger partial charge in [0.25, 0.3) is 0 Å². The zero-order chi connectivity index (χ0) is 27.8. The first-order valence-corrected chi connectivity index (χ1v) is 12.1. The zero-order valence-electron chi connectivity index (χ0n) is 19.6. The van der Waals surface area contributed by atoms with Crippen LogP contribution in [0.15, 0.2) is 24.3 Å². The summed E-state index contributed by atoms with van der Waals surface area (Å²) in [5, 5.41) is 4.16. The van der Waals surface area contributed by atoms with Crippen LogP contribution in [-0.4, -0.2) is 83.6 Å². The van der Waals surface area contributed by atoms with Crippen molar-refractivity contribution in [2.45, 2.75) is 41.9 Å². The van der Waals surface area contributed by atoms with Gasteiger partial charge < -0.3 is 20.3 Å². The van der Waals surface area contributed by atoms with E-state index in [4.69, 9.17) is 39.5 Å². The number of hydrogen-bond donors (Lipinski definition) is 2. The summed E-state index contributed by atoms with van der Waals surface area (Å²) in [7, 11) is 0. The average molecular weight is 593 g/mol. The standard InChI is InChI=1S/C21H24Cl3F4N5O4/c1-12(34)30-16(20(22,23)24)33-8-7-31(11-19(33,2)25)13-3-5-14(6-4-13)32-10-15(37-18(32)36)9-29-17(35)21(26,27)28/h3-6,15-16H,7-11H2,1-2H3,(H,29,35)(H,30,34)/t15?,16?,19-/m1/s1. The molecule has 2 N–H and O–H groups in total. The Balaban J connectivity index is 1.64. The number of amides is 3. The van der Waals surface area contributed by atoms with Crippen molar-refractivity contribution >= 4 is 64.1 Å². The van der Waals surface area contributed by atoms with Crippen molar-refractivity contribution < 1.29 is 36.7 Å². The predicted octanol–water partition coefficient (Wildman–Crippen LogP) is 3.33. The summed E-state index contributed by atoms with van der Waals surface area (Å²) in [6.45, 7) is 2.27. The maximum absolute atomic E-state index is 15.7. The minimum absolute atomic E-state index is 0.0703. The van der Waals surface area contributed by atoms with Gasteiger partial charge in [-0.2, -0.15) is 13.2 Å². The van der Waals surface area contributed by atoms with E-state index in [-0.39, 0.29) is 19.6 Å². The summed E-state index contributed by atoms with van der Waals surface area (Å²) in [5.41, 5.74) is 1.03. The number of nitrogens with zero attached hydrogens (tertiary/aromatic N) is 3. The highest BCUT2D eigenvalue weighted by Gasteiger charge is 2.49. The molecule has 3 rings (SSSR count). The molecule has 2 unspecified atom stereocenters. The highest BCUT2D eigenvalue weighted by atomic mass is 35.6. The van der Waals surface area contributed by atoms with E-state index in [0.29, 0.717) is 17.9 Å². The number of hydrogen-bond acceptors (Lipinski definition) is 6. The lowest BCUT2D eigenvalue weighted by molar-refractivity contribution is -0.173. The van der Waals surface area contributed by atoms with Gasteiger partial charge in [0, 0.05) is 31.4 Å². The largest absolute Gasteiger partial charge is 0.471 e. The normalized spacial score (nSPS) is 24.0. The summed E-state index contributed by atoms with van der Waals surface area (Å²) in [6, 6.07) is 6.45. The van der Waals surface area contributed by atoms with Crippen LogP contribution in [0.25, 0.3) is 0 Å². The number of carbonyl (C=O) groups is 3. The Kier molecular flexibility index (Phi) is 8.62. The second-order valence-electron chi connectivity index (χ2n) is 8.74. The van der Waals surface area contributed by atoms with Crippen LogP contribution in [0.4, 0.5) is 33.7 Å². The van der Waals surface area contributed by atoms with Gasteiger partial charge in [0.05, 0.1) is 19.6 Å². The van der Waals surface area contributed by atoms with E-state index in [0.717, 1.165) is 0 Å². The first kappa shape index (κ1) is 29.3. The second-order valence-corrected chi connectivity index (χ2v) is 11.1. The first-order chi connectivity index (χ1) is 17.0. The number of alkyl halides is 7. The monoisotopic (exact) mass is 591 g/mol. The fourth-order valence-corrected chi connectivity index (χ4v) is 4.63. The van der Waals surface area contributed by atoms with Crippen LogP contribution in [0.1, 0.15) is 13.8 Å². The van der Waals surface area contributed by atoms with Crippen LogP contribution in [-0.2, 0) is 14.3 Å². The third kappa shape index (κ3) is 7.21. The Morgan fingerprint density at radius 1 is 1.16 bits per heavy atom. The van der Waals surface area contributed by atoms with E-state index in [9.17, 15) is 27.6 Å². The molecule has 9 nitrogen and oxygen atoms in total. The highest BCUT2D eigenvalue weighted by Crippen LogP contribution is 2.38. The SMILES string of the molecule is CC(=O)NC(N1CCN(c2ccc(N3CC(CNC(=O)C(F)(F)F)OC3=O)cc2)C[C@]1(C)F)C(Cl)(Cl)Cl. The Bertz CT molecular complexity index is 1020. The number of carbonyl (C=O) groups excluding carboxylic acids is 3. The van der Waals surface area contributed by atoms with Crippen molar-refractivity contribution in [3.8, 4) is 0 Å². The van der Waals surface area contributed by atoms with Gasteiger partial charge in [-0.05, 0) is 31.2 Å². The lowest BCUT2D eigenvalue weighted by Gasteiger charge is -2.49. The molecule has 0 spiro atoms. The summed E-state index contributed by atoms with van der Waals surface area (Å²) in [5.74, 6) is -4.61. The number of anilines is 2. The predicted molar refractivity (Wildman–Crippen MR) is 129 cm³/mol. The Hall–Kier alpha value is -2.22. The molecule has 0 radical (unpaired) electrons. The van der Waals surface area contributed by atoms with Crippen molar-refractivity contribution in [1.82, 2.24) is 15.5 Å². The van der Waals surface area contributed by atoms with Crippen LogP contribution < -0.4 is 20.4 Å². The van der Waals surface area contributed by atoms with Gasteiger partial charge in [-0.3, -0.25) is 14.5 Å². The molecule has 2 saturated heterocycles. The topological polar surface area (TPSA) is 94.2 Å². The van der Waals surface area contributed by atoms with Crippen molar-refractivity contribution in [3.05, 3.63) is 24.3 Å². The molecular formula is C21H24Cl3F4N5O4. The van der Waals surface area contributed by atoms with Gasteiger partial charge in [0.1, 0.15) is 12.3 Å². The highest BCUT2D eigenvalue weighted by molar-refractivity contribution is 6.68. The van der Waals surface area contributed by atoms with E-state index in [1.165, 1.54) is 23.6 Å². The van der Waals surface area contributed by atoms with Gasteiger partial charge in [-0.1, -0.05) is 34.8 Å².